The van der Waals surface area contributed by atoms with Crippen molar-refractivity contribution < 1.29 is 214 Å². The van der Waals surface area contributed by atoms with Crippen LogP contribution in [0.3, 0.4) is 0 Å². The third-order valence-electron chi connectivity index (χ3n) is 19.0. The molecule has 0 radical (unpaired) electrons. The molecule has 0 bridgehead atoms. The van der Waals surface area contributed by atoms with E-state index in [1.54, 1.807) is 0 Å². The van der Waals surface area contributed by atoms with Crippen LogP contribution in [0.5, 0.6) is 0 Å². The molecule has 0 spiro atoms. The molecule has 9 aliphatic rings. The normalized spacial score (nSPS) is 53.3. The fraction of sp³-hybridized carbons (Fsp3) is 0.964. The van der Waals surface area contributed by atoms with E-state index in [1.165, 1.54) is 6.92 Å². The summed E-state index contributed by atoms with van der Waals surface area (Å²) in [7, 11) is 0. The molecule has 0 unspecified atom stereocenters. The first kappa shape index (κ1) is 81.1. The van der Waals surface area contributed by atoms with Gasteiger partial charge in [0.25, 0.3) is 0 Å². The van der Waals surface area contributed by atoms with Crippen LogP contribution in [-0.4, -0.2) is 466 Å². The van der Waals surface area contributed by atoms with Gasteiger partial charge in [-0.05, 0) is 12.5 Å². The molecule has 9 rings (SSSR count). The van der Waals surface area contributed by atoms with Gasteiger partial charge in [-0.3, -0.25) is 5.32 Å². The monoisotopic (exact) mass is 1460 g/mol. The lowest BCUT2D eigenvalue weighted by Gasteiger charge is -2.50. The van der Waals surface area contributed by atoms with Crippen molar-refractivity contribution in [1.29, 1.82) is 0 Å². The molecule has 1 aliphatic carbocycles. The summed E-state index contributed by atoms with van der Waals surface area (Å²) in [6, 6.07) is -1.49. The molecule has 44 atom stereocenters. The highest BCUT2D eigenvalue weighted by atomic mass is 16.8. The minimum atomic E-state index is -2.27. The van der Waals surface area contributed by atoms with Crippen LogP contribution in [0.15, 0.2) is 11.6 Å². The van der Waals surface area contributed by atoms with Crippen molar-refractivity contribution in [2.45, 2.75) is 277 Å². The fourth-order valence-electron chi connectivity index (χ4n) is 13.2. The Labute approximate surface area is 559 Å². The van der Waals surface area contributed by atoms with Crippen LogP contribution in [0, 0.1) is 0 Å². The number of nitrogens with one attached hydrogen (secondary N) is 1. The molecule has 29 N–H and O–H groups in total. The molecule has 0 aromatic carbocycles. The summed E-state index contributed by atoms with van der Waals surface area (Å²) in [5, 5.41) is 304. The Bertz CT molecular complexity index is 2500. The number of hydrogen-bond acceptors (Lipinski definition) is 44. The van der Waals surface area contributed by atoms with E-state index in [4.69, 9.17) is 71.1 Å². The van der Waals surface area contributed by atoms with E-state index in [9.17, 15) is 143 Å². The summed E-state index contributed by atoms with van der Waals surface area (Å²) in [6.45, 7) is -6.53. The maximum absolute atomic E-state index is 11.5. The zero-order chi connectivity index (χ0) is 72.7. The average Bonchev–Trinajstić information content (AvgIpc) is 0.784. The molecule has 0 amide bonds. The molecule has 8 fully saturated rings. The highest BCUT2D eigenvalue weighted by Crippen LogP contribution is 2.39. The van der Waals surface area contributed by atoms with E-state index in [1.807, 2.05) is 0 Å². The van der Waals surface area contributed by atoms with Crippen molar-refractivity contribution in [2.24, 2.45) is 0 Å². The number of aliphatic hydroxyl groups is 28. The minimum absolute atomic E-state index is 0.168. The van der Waals surface area contributed by atoms with E-state index in [0.717, 1.165) is 6.08 Å². The first-order chi connectivity index (χ1) is 46.9. The zero-order valence-electron chi connectivity index (χ0n) is 52.3. The van der Waals surface area contributed by atoms with Crippen LogP contribution in [0.1, 0.15) is 6.92 Å². The van der Waals surface area contributed by atoms with Gasteiger partial charge in [0.2, 0.25) is 0 Å². The smallest absolute Gasteiger partial charge is 0.187 e. The van der Waals surface area contributed by atoms with Crippen molar-refractivity contribution in [3.63, 3.8) is 0 Å². The summed E-state index contributed by atoms with van der Waals surface area (Å²) in [5.74, 6) is 0. The van der Waals surface area contributed by atoms with Crippen LogP contribution in [0.4, 0.5) is 0 Å². The van der Waals surface area contributed by atoms with Gasteiger partial charge in [-0.1, -0.05) is 6.08 Å². The lowest BCUT2D eigenvalue weighted by atomic mass is 9.86. The maximum Gasteiger partial charge on any atom is 0.187 e. The SMILES string of the molecule is C[C@H]1O[C@H](O[C@H]2[C@H](O)[C@@H](O)[C@@H](O)O[C@@H]2CO)[C@H](O)[C@@H](O)[C@@H]1O[C@@H]1C(CO)=C[C@H](N[C@H]2O[C@H](CO)[C@@H](O[C@H]3O[C@H](CO)[C@@H](O[C@H]4O[C@H](CO)[C@@H](O[C@H]5O[C@H](CO)[C@@H](O[C@H]6O[C@H](CO)[C@@H](O[C@H]7O[C@H](CO)[C@@H](O)[C@H](O)[C@H]7O)[C@H](O)[C@H]6O)[C@H](O)[C@H]5O)[C@H](O)[C@H]4O)[C@H](O)[C@H]3O)[C@H](O)[C@H]2O)[C@H](O)[C@H]1O. The number of aliphatic hydroxyl groups excluding tert-OH is 28. The lowest BCUT2D eigenvalue weighted by Crippen LogP contribution is -2.69. The minimum Gasteiger partial charge on any atom is -0.394 e. The Morgan fingerprint density at radius 2 is 0.576 bits per heavy atom. The number of rotatable bonds is 24. The van der Waals surface area contributed by atoms with Gasteiger partial charge in [0, 0.05) is 0 Å². The molecular formula is C55H93NO43. The first-order valence-electron chi connectivity index (χ1n) is 31.7. The molecule has 44 heteroatoms. The van der Waals surface area contributed by atoms with Crippen LogP contribution in [0.25, 0.3) is 0 Å². The first-order valence-corrected chi connectivity index (χ1v) is 31.7. The van der Waals surface area contributed by atoms with Crippen LogP contribution in [-0.2, 0) is 71.1 Å². The highest BCUT2D eigenvalue weighted by Gasteiger charge is 2.59. The highest BCUT2D eigenvalue weighted by molar-refractivity contribution is 5.23. The molecule has 576 valence electrons. The molecule has 0 saturated carbocycles. The Hall–Kier alpha value is -2.02. The third kappa shape index (κ3) is 16.6. The second-order valence-corrected chi connectivity index (χ2v) is 25.4. The second kappa shape index (κ2) is 34.7. The van der Waals surface area contributed by atoms with Crippen LogP contribution in [0.2, 0.25) is 0 Å². The fourth-order valence-corrected chi connectivity index (χ4v) is 13.2. The van der Waals surface area contributed by atoms with Gasteiger partial charge in [-0.2, -0.15) is 0 Å². The molecule has 8 saturated heterocycles. The molecule has 0 aromatic rings. The van der Waals surface area contributed by atoms with E-state index < -0.39 is 323 Å². The van der Waals surface area contributed by atoms with Gasteiger partial charge in [-0.25, -0.2) is 0 Å². The summed E-state index contributed by atoms with van der Waals surface area (Å²) in [4.78, 5) is 0. The quantitative estimate of drug-likeness (QED) is 0.0399. The molecule has 44 nitrogen and oxygen atoms in total. The Balaban J connectivity index is 0.775. The standard InChI is InChI=1S/C55H93NO43/c1-11-40(27(71)35(79)50(85-11)94-43-16(6-60)87-49(84)33(77)26(43)70)93-41-12(3-57)2-13(21(65)24(41)68)56-48-32(76)25(69)42(15(5-59)86-48)95-52-36(80)29(73)45(18(8-62)89-52)97-54-38(82)31(75)47(20(10-64)91-54)99-55-39(83)30(74)46(19(9-63)92-55)98-53-37(81)28(72)44(17(7-61)90-53)96-51-34(78)23(67)22(66)14(4-58)88-51/h2,11,13-84H,3-10H2,1H3/t11-,13+,14-,15-,16-,17-,18-,19-,20-,21+,22-,23+,24-,25-,26-,27-,28-,29-,30-,31-,32-,33-,34-,35-,36-,37-,38-,39-,40-,41-,42-,43-,44-,45-,46-,47-,48+,49+,50-,51-,52-,53-,54-,55-/m1/s1. The molecule has 8 aliphatic heterocycles. The molecule has 8 heterocycles. The van der Waals surface area contributed by atoms with Gasteiger partial charge in [0.05, 0.1) is 65.0 Å². The van der Waals surface area contributed by atoms with Crippen molar-refractivity contribution in [2.75, 3.05) is 52.9 Å². The zero-order valence-corrected chi connectivity index (χ0v) is 52.3. The van der Waals surface area contributed by atoms with Crippen LogP contribution >= 0.6 is 0 Å². The topological polar surface area (TPSA) is 717 Å². The van der Waals surface area contributed by atoms with E-state index in [2.05, 4.69) is 5.32 Å². The molecular weight excluding hydrogens is 1360 g/mol. The van der Waals surface area contributed by atoms with E-state index in [-0.39, 0.29) is 5.57 Å². The summed E-state index contributed by atoms with van der Waals surface area (Å²) in [6.07, 6.45) is -80.8. The Morgan fingerprint density at radius 1 is 0.283 bits per heavy atom. The lowest BCUT2D eigenvalue weighted by molar-refractivity contribution is -0.395. The van der Waals surface area contributed by atoms with Gasteiger partial charge in [0.15, 0.2) is 44.0 Å². The average molecular weight is 1460 g/mol. The van der Waals surface area contributed by atoms with Crippen molar-refractivity contribution >= 4 is 0 Å². The molecule has 99 heavy (non-hydrogen) atoms. The van der Waals surface area contributed by atoms with Crippen molar-refractivity contribution in [3.8, 4) is 0 Å². The number of hydrogen-bond donors (Lipinski definition) is 29. The largest absolute Gasteiger partial charge is 0.394 e. The van der Waals surface area contributed by atoms with E-state index >= 15 is 0 Å². The van der Waals surface area contributed by atoms with Gasteiger partial charge >= 0.3 is 0 Å². The van der Waals surface area contributed by atoms with Crippen LogP contribution < -0.4 is 5.32 Å². The predicted molar refractivity (Wildman–Crippen MR) is 301 cm³/mol. The summed E-state index contributed by atoms with van der Waals surface area (Å²) < 4.78 is 84.4. The van der Waals surface area contributed by atoms with Crippen molar-refractivity contribution in [3.05, 3.63) is 11.6 Å². The second-order valence-electron chi connectivity index (χ2n) is 25.4. The molecule has 0 aromatic heterocycles. The summed E-state index contributed by atoms with van der Waals surface area (Å²) >= 11 is 0. The summed E-state index contributed by atoms with van der Waals surface area (Å²) in [5.41, 5.74) is -0.168. The van der Waals surface area contributed by atoms with Gasteiger partial charge < -0.3 is 214 Å². The number of ether oxygens (including phenoxy) is 15. The van der Waals surface area contributed by atoms with Gasteiger partial charge in [0.1, 0.15) is 214 Å². The Morgan fingerprint density at radius 3 is 0.929 bits per heavy atom. The maximum atomic E-state index is 11.5. The predicted octanol–water partition coefficient (Wildman–Crippen LogP) is -19.4. The van der Waals surface area contributed by atoms with Gasteiger partial charge in [-0.15, -0.1) is 0 Å². The third-order valence-corrected chi connectivity index (χ3v) is 19.0. The Kier molecular flexibility index (Phi) is 28.4. The van der Waals surface area contributed by atoms with Crippen molar-refractivity contribution in [1.82, 2.24) is 5.32 Å². The van der Waals surface area contributed by atoms with E-state index in [0.29, 0.717) is 0 Å².